The third kappa shape index (κ3) is 3.65. The summed E-state index contributed by atoms with van der Waals surface area (Å²) in [6.07, 6.45) is 3.20. The molecule has 0 aliphatic carbocycles. The molecule has 1 N–H and O–H groups in total. The molecule has 26 heavy (non-hydrogen) atoms. The third-order valence-electron chi connectivity index (χ3n) is 4.36. The SMILES string of the molecule is CC(=O)c1cccc(N/C=C(/C#N)C(=O)N2CCCc3ccccc32)c1. The van der Waals surface area contributed by atoms with Crippen LogP contribution in [-0.4, -0.2) is 18.2 Å². The number of fused-ring (bicyclic) bond motifs is 1. The summed E-state index contributed by atoms with van der Waals surface area (Å²) in [7, 11) is 0. The first-order valence-electron chi connectivity index (χ1n) is 8.47. The number of hydrogen-bond donors (Lipinski definition) is 1. The van der Waals surface area contributed by atoms with Gasteiger partial charge in [0.05, 0.1) is 0 Å². The molecule has 2 aromatic carbocycles. The van der Waals surface area contributed by atoms with Gasteiger partial charge in [-0.3, -0.25) is 9.59 Å². The molecule has 0 unspecified atom stereocenters. The zero-order valence-electron chi connectivity index (χ0n) is 14.5. The summed E-state index contributed by atoms with van der Waals surface area (Å²) in [5, 5.41) is 12.4. The van der Waals surface area contributed by atoms with E-state index in [1.165, 1.54) is 13.1 Å². The topological polar surface area (TPSA) is 73.2 Å². The van der Waals surface area contributed by atoms with Crippen LogP contribution in [-0.2, 0) is 11.2 Å². The molecule has 1 aliphatic rings. The second-order valence-electron chi connectivity index (χ2n) is 6.14. The summed E-state index contributed by atoms with van der Waals surface area (Å²) in [6.45, 7) is 2.08. The van der Waals surface area contributed by atoms with Crippen molar-refractivity contribution in [1.82, 2.24) is 0 Å². The van der Waals surface area contributed by atoms with Crippen molar-refractivity contribution in [2.24, 2.45) is 0 Å². The van der Waals surface area contributed by atoms with Gasteiger partial charge in [-0.15, -0.1) is 0 Å². The number of nitriles is 1. The van der Waals surface area contributed by atoms with Crippen LogP contribution in [0.1, 0.15) is 29.3 Å². The number of ketones is 1. The Labute approximate surface area is 152 Å². The van der Waals surface area contributed by atoms with Crippen LogP contribution in [0.5, 0.6) is 0 Å². The molecule has 3 rings (SSSR count). The maximum Gasteiger partial charge on any atom is 0.270 e. The van der Waals surface area contributed by atoms with Gasteiger partial charge < -0.3 is 10.2 Å². The largest absolute Gasteiger partial charge is 0.360 e. The number of hydrogen-bond acceptors (Lipinski definition) is 4. The van der Waals surface area contributed by atoms with Gasteiger partial charge in [0.1, 0.15) is 11.6 Å². The molecule has 5 nitrogen and oxygen atoms in total. The number of nitrogens with one attached hydrogen (secondary N) is 1. The number of aryl methyl sites for hydroxylation is 1. The molecule has 130 valence electrons. The molecule has 0 radical (unpaired) electrons. The normalized spacial score (nSPS) is 13.5. The van der Waals surface area contributed by atoms with Gasteiger partial charge in [-0.2, -0.15) is 5.26 Å². The van der Waals surface area contributed by atoms with Crippen molar-refractivity contribution >= 4 is 23.1 Å². The first-order chi connectivity index (χ1) is 12.6. The Kier molecular flexibility index (Phi) is 5.14. The lowest BCUT2D eigenvalue weighted by atomic mass is 10.0. The fraction of sp³-hybridized carbons (Fsp3) is 0.190. The summed E-state index contributed by atoms with van der Waals surface area (Å²) in [6, 6.07) is 16.7. The summed E-state index contributed by atoms with van der Waals surface area (Å²) < 4.78 is 0. The van der Waals surface area contributed by atoms with Gasteiger partial charge in [0, 0.05) is 29.7 Å². The number of para-hydroxylation sites is 1. The molecule has 0 aromatic heterocycles. The van der Waals surface area contributed by atoms with E-state index in [4.69, 9.17) is 0 Å². The number of anilines is 2. The Morgan fingerprint density at radius 3 is 2.77 bits per heavy atom. The number of carbonyl (C=O) groups is 2. The number of amides is 1. The minimum atomic E-state index is -0.324. The van der Waals surface area contributed by atoms with E-state index in [-0.39, 0.29) is 17.3 Å². The fourth-order valence-corrected chi connectivity index (χ4v) is 3.02. The number of nitrogens with zero attached hydrogens (tertiary/aromatic N) is 2. The standard InChI is InChI=1S/C21H19N3O2/c1-15(25)17-7-4-9-19(12-17)23-14-18(13-22)21(26)24-11-5-8-16-6-2-3-10-20(16)24/h2-4,6-7,9-10,12,14,23H,5,8,11H2,1H3/b18-14-. The molecule has 5 heteroatoms. The highest BCUT2D eigenvalue weighted by molar-refractivity contribution is 6.09. The number of Topliss-reactive ketones (excluding diaryl/α,β-unsaturated/α-hetero) is 1. The molecule has 1 aliphatic heterocycles. The second-order valence-corrected chi connectivity index (χ2v) is 6.14. The molecule has 2 aromatic rings. The van der Waals surface area contributed by atoms with E-state index in [9.17, 15) is 14.9 Å². The van der Waals surface area contributed by atoms with Crippen LogP contribution in [0.25, 0.3) is 0 Å². The van der Waals surface area contributed by atoms with E-state index in [0.29, 0.717) is 17.8 Å². The Hall–Kier alpha value is -3.39. The second kappa shape index (κ2) is 7.66. The number of carbonyl (C=O) groups excluding carboxylic acids is 2. The van der Waals surface area contributed by atoms with E-state index >= 15 is 0 Å². The number of rotatable bonds is 4. The van der Waals surface area contributed by atoms with E-state index in [1.807, 2.05) is 30.3 Å². The minimum absolute atomic E-state index is 0.0231. The van der Waals surface area contributed by atoms with Crippen LogP contribution in [0.3, 0.4) is 0 Å². The van der Waals surface area contributed by atoms with Crippen molar-refractivity contribution in [2.75, 3.05) is 16.8 Å². The van der Waals surface area contributed by atoms with Crippen LogP contribution in [0.4, 0.5) is 11.4 Å². The van der Waals surface area contributed by atoms with E-state index in [2.05, 4.69) is 5.32 Å². The molecule has 0 spiro atoms. The Morgan fingerprint density at radius 2 is 2.00 bits per heavy atom. The van der Waals surface area contributed by atoms with Gasteiger partial charge >= 0.3 is 0 Å². The highest BCUT2D eigenvalue weighted by atomic mass is 16.2. The van der Waals surface area contributed by atoms with Gasteiger partial charge in [-0.1, -0.05) is 30.3 Å². The van der Waals surface area contributed by atoms with Gasteiger partial charge in [-0.05, 0) is 43.5 Å². The zero-order valence-corrected chi connectivity index (χ0v) is 14.5. The highest BCUT2D eigenvalue weighted by Gasteiger charge is 2.24. The highest BCUT2D eigenvalue weighted by Crippen LogP contribution is 2.27. The maximum atomic E-state index is 12.8. The average Bonchev–Trinajstić information content (AvgIpc) is 2.68. The van der Waals surface area contributed by atoms with E-state index in [1.54, 1.807) is 29.2 Å². The van der Waals surface area contributed by atoms with E-state index in [0.717, 1.165) is 24.1 Å². The lowest BCUT2D eigenvalue weighted by molar-refractivity contribution is -0.114. The molecule has 0 fully saturated rings. The first kappa shape index (κ1) is 17.4. The molecule has 0 bridgehead atoms. The molecule has 1 amide bonds. The molecule has 0 saturated carbocycles. The molecule has 0 atom stereocenters. The van der Waals surface area contributed by atoms with Crippen molar-refractivity contribution < 1.29 is 9.59 Å². The van der Waals surface area contributed by atoms with E-state index < -0.39 is 0 Å². The lowest BCUT2D eigenvalue weighted by Crippen LogP contribution is -2.36. The molecule has 1 heterocycles. The molecular weight excluding hydrogens is 326 g/mol. The van der Waals surface area contributed by atoms with Gasteiger partial charge in [0.2, 0.25) is 0 Å². The smallest absolute Gasteiger partial charge is 0.270 e. The molecular formula is C21H19N3O2. The van der Waals surface area contributed by atoms with Gasteiger partial charge in [-0.25, -0.2) is 0 Å². The third-order valence-corrected chi connectivity index (χ3v) is 4.36. The minimum Gasteiger partial charge on any atom is -0.360 e. The Bertz CT molecular complexity index is 925. The van der Waals surface area contributed by atoms with Crippen molar-refractivity contribution in [3.8, 4) is 6.07 Å². The summed E-state index contributed by atoms with van der Waals surface area (Å²) >= 11 is 0. The first-order valence-corrected chi connectivity index (χ1v) is 8.47. The van der Waals surface area contributed by atoms with Gasteiger partial charge in [0.15, 0.2) is 5.78 Å². The molecule has 0 saturated heterocycles. The van der Waals surface area contributed by atoms with Crippen LogP contribution in [0.2, 0.25) is 0 Å². The lowest BCUT2D eigenvalue weighted by Gasteiger charge is -2.29. The Balaban J connectivity index is 1.82. The van der Waals surface area contributed by atoms with Crippen molar-refractivity contribution in [1.29, 1.82) is 5.26 Å². The maximum absolute atomic E-state index is 12.8. The van der Waals surface area contributed by atoms with Crippen molar-refractivity contribution in [3.63, 3.8) is 0 Å². The quantitative estimate of drug-likeness (QED) is 0.521. The van der Waals surface area contributed by atoms with Crippen molar-refractivity contribution in [3.05, 3.63) is 71.4 Å². The van der Waals surface area contributed by atoms with Crippen LogP contribution in [0, 0.1) is 11.3 Å². The van der Waals surface area contributed by atoms with Gasteiger partial charge in [0.25, 0.3) is 5.91 Å². The van der Waals surface area contributed by atoms with Crippen LogP contribution >= 0.6 is 0 Å². The average molecular weight is 345 g/mol. The van der Waals surface area contributed by atoms with Crippen LogP contribution < -0.4 is 10.2 Å². The fourth-order valence-electron chi connectivity index (χ4n) is 3.02. The predicted molar refractivity (Wildman–Crippen MR) is 101 cm³/mol. The Morgan fingerprint density at radius 1 is 1.19 bits per heavy atom. The van der Waals surface area contributed by atoms with Crippen LogP contribution in [0.15, 0.2) is 60.3 Å². The van der Waals surface area contributed by atoms with Crippen molar-refractivity contribution in [2.45, 2.75) is 19.8 Å². The summed E-state index contributed by atoms with van der Waals surface area (Å²) in [5.41, 5.74) is 3.22. The summed E-state index contributed by atoms with van der Waals surface area (Å²) in [4.78, 5) is 26.0. The monoisotopic (exact) mass is 345 g/mol. The summed E-state index contributed by atoms with van der Waals surface area (Å²) in [5.74, 6) is -0.367. The zero-order chi connectivity index (χ0) is 18.5. The number of benzene rings is 2. The predicted octanol–water partition coefficient (Wildman–Crippen LogP) is 3.69.